The van der Waals surface area contributed by atoms with Crippen molar-refractivity contribution < 1.29 is 4.79 Å². The molecule has 18 heavy (non-hydrogen) atoms. The zero-order valence-corrected chi connectivity index (χ0v) is 10.7. The number of rotatable bonds is 7. The fourth-order valence-corrected chi connectivity index (χ4v) is 1.71. The van der Waals surface area contributed by atoms with E-state index in [0.29, 0.717) is 19.5 Å². The molecule has 1 rings (SSSR count). The Labute approximate surface area is 108 Å². The molecule has 0 spiro atoms. The normalized spacial score (nSPS) is 9.78. The molecule has 1 aromatic carbocycles. The molecule has 0 aliphatic rings. The second-order valence-corrected chi connectivity index (χ2v) is 3.98. The van der Waals surface area contributed by atoms with Crippen molar-refractivity contribution in [1.82, 2.24) is 10.6 Å². The summed E-state index contributed by atoms with van der Waals surface area (Å²) in [6, 6.07) is 10.2. The van der Waals surface area contributed by atoms with E-state index >= 15 is 0 Å². The van der Waals surface area contributed by atoms with E-state index in [4.69, 9.17) is 5.26 Å². The quantitative estimate of drug-likeness (QED) is 0.713. The van der Waals surface area contributed by atoms with E-state index in [-0.39, 0.29) is 12.5 Å². The maximum atomic E-state index is 11.4. The number of aryl methyl sites for hydroxylation is 1. The lowest BCUT2D eigenvalue weighted by molar-refractivity contribution is -0.120. The van der Waals surface area contributed by atoms with Gasteiger partial charge in [-0.15, -0.1) is 0 Å². The van der Waals surface area contributed by atoms with Crippen molar-refractivity contribution in [2.45, 2.75) is 26.3 Å². The van der Waals surface area contributed by atoms with Crippen LogP contribution in [-0.4, -0.2) is 19.0 Å². The molecule has 0 aliphatic carbocycles. The summed E-state index contributed by atoms with van der Waals surface area (Å²) >= 11 is 0. The maximum absolute atomic E-state index is 11.4. The molecular weight excluding hydrogens is 226 g/mol. The fourth-order valence-electron chi connectivity index (χ4n) is 1.71. The lowest BCUT2D eigenvalue weighted by atomic mass is 10.1. The number of carbonyl (C=O) groups excluding carboxylic acids is 1. The van der Waals surface area contributed by atoms with Gasteiger partial charge in [-0.3, -0.25) is 4.79 Å². The Morgan fingerprint density at radius 2 is 2.06 bits per heavy atom. The Hall–Kier alpha value is -1.86. The summed E-state index contributed by atoms with van der Waals surface area (Å²) in [7, 11) is 0. The molecular formula is C14H19N3O. The minimum atomic E-state index is -0.0702. The van der Waals surface area contributed by atoms with Crippen LogP contribution < -0.4 is 10.6 Å². The third-order valence-electron chi connectivity index (χ3n) is 2.66. The molecule has 0 aliphatic heterocycles. The molecule has 0 aromatic heterocycles. The van der Waals surface area contributed by atoms with Crippen LogP contribution in [0.4, 0.5) is 0 Å². The summed E-state index contributed by atoms with van der Waals surface area (Å²) in [5.41, 5.74) is 2.53. The Kier molecular flexibility index (Phi) is 6.52. The summed E-state index contributed by atoms with van der Waals surface area (Å²) in [4.78, 5) is 11.4. The molecule has 0 unspecified atom stereocenters. The van der Waals surface area contributed by atoms with Crippen LogP contribution in [0.1, 0.15) is 24.5 Å². The third kappa shape index (κ3) is 4.98. The van der Waals surface area contributed by atoms with Gasteiger partial charge in [0.15, 0.2) is 0 Å². The van der Waals surface area contributed by atoms with E-state index in [1.165, 1.54) is 11.1 Å². The lowest BCUT2D eigenvalue weighted by Crippen LogP contribution is -2.34. The van der Waals surface area contributed by atoms with E-state index in [1.807, 2.05) is 18.2 Å². The van der Waals surface area contributed by atoms with Gasteiger partial charge in [-0.05, 0) is 17.5 Å². The van der Waals surface area contributed by atoms with E-state index in [9.17, 15) is 4.79 Å². The van der Waals surface area contributed by atoms with Gasteiger partial charge in [-0.2, -0.15) is 5.26 Å². The molecule has 0 radical (unpaired) electrons. The maximum Gasteiger partial charge on any atom is 0.234 e. The van der Waals surface area contributed by atoms with Crippen molar-refractivity contribution in [3.8, 4) is 6.07 Å². The number of nitrogens with one attached hydrogen (secondary N) is 2. The second-order valence-electron chi connectivity index (χ2n) is 3.98. The first kappa shape index (κ1) is 14.2. The molecule has 2 N–H and O–H groups in total. The Morgan fingerprint density at radius 3 is 2.72 bits per heavy atom. The van der Waals surface area contributed by atoms with Crippen LogP contribution in [0, 0.1) is 11.3 Å². The topological polar surface area (TPSA) is 64.9 Å². The minimum absolute atomic E-state index is 0.0702. The van der Waals surface area contributed by atoms with Gasteiger partial charge in [-0.1, -0.05) is 31.2 Å². The summed E-state index contributed by atoms with van der Waals surface area (Å²) in [6.07, 6.45) is 1.34. The predicted octanol–water partition coefficient (Wildman–Crippen LogP) is 1.37. The molecule has 0 heterocycles. The van der Waals surface area contributed by atoms with Crippen LogP contribution >= 0.6 is 0 Å². The largest absolute Gasteiger partial charge is 0.354 e. The molecule has 0 saturated heterocycles. The zero-order chi connectivity index (χ0) is 13.2. The van der Waals surface area contributed by atoms with Crippen LogP contribution in [-0.2, 0) is 17.8 Å². The van der Waals surface area contributed by atoms with E-state index in [2.05, 4.69) is 29.7 Å². The molecule has 4 nitrogen and oxygen atoms in total. The van der Waals surface area contributed by atoms with Gasteiger partial charge in [0, 0.05) is 13.1 Å². The summed E-state index contributed by atoms with van der Waals surface area (Å²) in [5, 5.41) is 14.1. The average Bonchev–Trinajstić information content (AvgIpc) is 2.39. The summed E-state index contributed by atoms with van der Waals surface area (Å²) < 4.78 is 0. The van der Waals surface area contributed by atoms with Gasteiger partial charge < -0.3 is 10.6 Å². The van der Waals surface area contributed by atoms with Gasteiger partial charge in [0.25, 0.3) is 0 Å². The van der Waals surface area contributed by atoms with Crippen molar-refractivity contribution >= 4 is 5.91 Å². The first-order valence-electron chi connectivity index (χ1n) is 6.19. The molecule has 96 valence electrons. The van der Waals surface area contributed by atoms with Crippen LogP contribution in [0.15, 0.2) is 24.3 Å². The molecule has 0 saturated carbocycles. The highest BCUT2D eigenvalue weighted by molar-refractivity contribution is 5.77. The van der Waals surface area contributed by atoms with Crippen molar-refractivity contribution in [2.24, 2.45) is 0 Å². The SMILES string of the molecule is CCc1ccccc1CNCC(=O)NCCC#N. The summed E-state index contributed by atoms with van der Waals surface area (Å²) in [6.45, 7) is 3.51. The van der Waals surface area contributed by atoms with Crippen LogP contribution in [0.5, 0.6) is 0 Å². The highest BCUT2D eigenvalue weighted by atomic mass is 16.1. The van der Waals surface area contributed by atoms with Gasteiger partial charge in [0.1, 0.15) is 0 Å². The smallest absolute Gasteiger partial charge is 0.234 e. The fraction of sp³-hybridized carbons (Fsp3) is 0.429. The number of benzene rings is 1. The zero-order valence-electron chi connectivity index (χ0n) is 10.7. The second kappa shape index (κ2) is 8.26. The van der Waals surface area contributed by atoms with Crippen LogP contribution in [0.3, 0.4) is 0 Å². The third-order valence-corrected chi connectivity index (χ3v) is 2.66. The van der Waals surface area contributed by atoms with E-state index < -0.39 is 0 Å². The van der Waals surface area contributed by atoms with Gasteiger partial charge in [-0.25, -0.2) is 0 Å². The first-order chi connectivity index (χ1) is 8.77. The van der Waals surface area contributed by atoms with Crippen molar-refractivity contribution in [1.29, 1.82) is 5.26 Å². The number of nitrogens with zero attached hydrogens (tertiary/aromatic N) is 1. The Balaban J connectivity index is 2.29. The average molecular weight is 245 g/mol. The van der Waals surface area contributed by atoms with Gasteiger partial charge in [0.05, 0.1) is 19.0 Å². The van der Waals surface area contributed by atoms with Crippen LogP contribution in [0.2, 0.25) is 0 Å². The number of hydrogen-bond acceptors (Lipinski definition) is 3. The number of amides is 1. The number of hydrogen-bond donors (Lipinski definition) is 2. The van der Waals surface area contributed by atoms with Crippen molar-refractivity contribution in [3.63, 3.8) is 0 Å². The lowest BCUT2D eigenvalue weighted by Gasteiger charge is -2.09. The Bertz CT molecular complexity index is 423. The molecule has 0 atom stereocenters. The Morgan fingerprint density at radius 1 is 1.33 bits per heavy atom. The van der Waals surface area contributed by atoms with Gasteiger partial charge in [0.2, 0.25) is 5.91 Å². The predicted molar refractivity (Wildman–Crippen MR) is 70.8 cm³/mol. The number of carbonyl (C=O) groups is 1. The molecule has 0 fully saturated rings. The first-order valence-corrected chi connectivity index (χ1v) is 6.19. The molecule has 4 heteroatoms. The van der Waals surface area contributed by atoms with E-state index in [1.54, 1.807) is 0 Å². The highest BCUT2D eigenvalue weighted by Gasteiger charge is 2.02. The monoisotopic (exact) mass is 245 g/mol. The minimum Gasteiger partial charge on any atom is -0.354 e. The molecule has 1 aromatic rings. The molecule has 1 amide bonds. The van der Waals surface area contributed by atoms with Crippen LogP contribution in [0.25, 0.3) is 0 Å². The summed E-state index contributed by atoms with van der Waals surface area (Å²) in [5.74, 6) is -0.0702. The van der Waals surface area contributed by atoms with Gasteiger partial charge >= 0.3 is 0 Å². The van der Waals surface area contributed by atoms with E-state index in [0.717, 1.165) is 6.42 Å². The molecule has 0 bridgehead atoms. The highest BCUT2D eigenvalue weighted by Crippen LogP contribution is 2.08. The van der Waals surface area contributed by atoms with Crippen molar-refractivity contribution in [2.75, 3.05) is 13.1 Å². The number of nitriles is 1. The standard InChI is InChI=1S/C14H19N3O/c1-2-12-6-3-4-7-13(12)10-16-11-14(18)17-9-5-8-15/h3-4,6-7,16H,2,5,9-11H2,1H3,(H,17,18). The van der Waals surface area contributed by atoms with Crippen molar-refractivity contribution in [3.05, 3.63) is 35.4 Å².